The number of hydrogen-bond donors (Lipinski definition) is 3. The molecule has 15 heavy (non-hydrogen) atoms. The van der Waals surface area contributed by atoms with E-state index < -0.39 is 10.0 Å². The van der Waals surface area contributed by atoms with Crippen LogP contribution in [0.2, 0.25) is 0 Å². The molecular weight excluding hydrogens is 302 g/mol. The molecule has 0 unspecified atom stereocenters. The van der Waals surface area contributed by atoms with Crippen LogP contribution in [0.25, 0.3) is 0 Å². The molecule has 0 radical (unpaired) electrons. The Kier molecular flexibility index (Phi) is 4.03. The van der Waals surface area contributed by atoms with Crippen molar-refractivity contribution in [1.29, 1.82) is 0 Å². The minimum absolute atomic E-state index is 0.120. The fourth-order valence-corrected chi connectivity index (χ4v) is 2.03. The fourth-order valence-electron chi connectivity index (χ4n) is 0.790. The number of rotatable bonds is 3. The molecule has 5 nitrogen and oxygen atoms in total. The molecular formula is C7H8BrN3O2S2. The first-order valence-electron chi connectivity index (χ1n) is 3.74. The number of hydrazine groups is 1. The van der Waals surface area contributed by atoms with Crippen LogP contribution in [0.5, 0.6) is 0 Å². The maximum Gasteiger partial charge on any atom is 0.257 e. The zero-order valence-electron chi connectivity index (χ0n) is 7.40. The first kappa shape index (κ1) is 12.4. The molecule has 0 aliphatic rings. The van der Waals surface area contributed by atoms with E-state index >= 15 is 0 Å². The second-order valence-electron chi connectivity index (χ2n) is 2.55. The monoisotopic (exact) mass is 309 g/mol. The standard InChI is InChI=1S/C7H8BrN3O2S2/c8-5-1-3-6(4-2-5)15(12,13)11-10-7(9)14/h1-4,11H,(H3,9,10,14). The van der Waals surface area contributed by atoms with Gasteiger partial charge in [0.15, 0.2) is 5.11 Å². The molecule has 0 spiro atoms. The first-order valence-corrected chi connectivity index (χ1v) is 6.43. The Morgan fingerprint density at radius 3 is 2.33 bits per heavy atom. The van der Waals surface area contributed by atoms with Crippen molar-refractivity contribution < 1.29 is 8.42 Å². The Labute approximate surface area is 101 Å². The van der Waals surface area contributed by atoms with Gasteiger partial charge in [-0.15, -0.1) is 4.83 Å². The van der Waals surface area contributed by atoms with Crippen LogP contribution in [-0.2, 0) is 10.0 Å². The molecule has 82 valence electrons. The topological polar surface area (TPSA) is 84.2 Å². The highest BCUT2D eigenvalue weighted by Gasteiger charge is 2.12. The van der Waals surface area contributed by atoms with Crippen molar-refractivity contribution in [2.45, 2.75) is 4.90 Å². The summed E-state index contributed by atoms with van der Waals surface area (Å²) in [6, 6.07) is 6.14. The van der Waals surface area contributed by atoms with Gasteiger partial charge >= 0.3 is 0 Å². The highest BCUT2D eigenvalue weighted by Crippen LogP contribution is 2.13. The molecule has 0 fully saturated rings. The molecule has 4 N–H and O–H groups in total. The van der Waals surface area contributed by atoms with Gasteiger partial charge in [-0.1, -0.05) is 15.9 Å². The van der Waals surface area contributed by atoms with Crippen LogP contribution < -0.4 is 16.0 Å². The molecule has 0 aromatic heterocycles. The third-order valence-corrected chi connectivity index (χ3v) is 3.33. The number of nitrogens with one attached hydrogen (secondary N) is 2. The Bertz CT molecular complexity index is 458. The van der Waals surface area contributed by atoms with Crippen molar-refractivity contribution >= 4 is 43.3 Å². The van der Waals surface area contributed by atoms with Gasteiger partial charge in [-0.05, 0) is 36.5 Å². The van der Waals surface area contributed by atoms with E-state index in [1.54, 1.807) is 12.1 Å². The van der Waals surface area contributed by atoms with Crippen molar-refractivity contribution in [1.82, 2.24) is 10.3 Å². The average Bonchev–Trinajstić information content (AvgIpc) is 2.16. The normalized spacial score (nSPS) is 11.0. The molecule has 0 bridgehead atoms. The third-order valence-electron chi connectivity index (χ3n) is 1.43. The summed E-state index contributed by atoms with van der Waals surface area (Å²) in [5.41, 5.74) is 7.25. The lowest BCUT2D eigenvalue weighted by Crippen LogP contribution is -2.44. The van der Waals surface area contributed by atoms with Crippen LogP contribution in [0.3, 0.4) is 0 Å². The summed E-state index contributed by atoms with van der Waals surface area (Å²) in [4.78, 5) is 2.15. The predicted octanol–water partition coefficient (Wildman–Crippen LogP) is 0.476. The zero-order valence-corrected chi connectivity index (χ0v) is 10.6. The highest BCUT2D eigenvalue weighted by atomic mass is 79.9. The van der Waals surface area contributed by atoms with E-state index in [0.29, 0.717) is 0 Å². The lowest BCUT2D eigenvalue weighted by atomic mass is 10.4. The van der Waals surface area contributed by atoms with Gasteiger partial charge in [-0.3, -0.25) is 5.43 Å². The van der Waals surface area contributed by atoms with Crippen molar-refractivity contribution in [3.05, 3.63) is 28.7 Å². The predicted molar refractivity (Wildman–Crippen MR) is 64.4 cm³/mol. The second-order valence-corrected chi connectivity index (χ2v) is 5.59. The first-order chi connectivity index (χ1) is 6.92. The number of benzene rings is 1. The van der Waals surface area contributed by atoms with Crippen LogP contribution in [0.1, 0.15) is 0 Å². The summed E-state index contributed by atoms with van der Waals surface area (Å²) < 4.78 is 23.9. The SMILES string of the molecule is NC(=S)NNS(=O)(=O)c1ccc(Br)cc1. The lowest BCUT2D eigenvalue weighted by Gasteiger charge is -2.07. The molecule has 1 aromatic carbocycles. The maximum atomic E-state index is 11.5. The van der Waals surface area contributed by atoms with Crippen molar-refractivity contribution in [3.8, 4) is 0 Å². The summed E-state index contributed by atoms with van der Waals surface area (Å²) in [5, 5.41) is -0.143. The molecule has 0 aliphatic carbocycles. The van der Waals surface area contributed by atoms with Crippen molar-refractivity contribution in [3.63, 3.8) is 0 Å². The summed E-state index contributed by atoms with van der Waals surface area (Å²) in [7, 11) is -3.62. The minimum Gasteiger partial charge on any atom is -0.375 e. The van der Waals surface area contributed by atoms with Gasteiger partial charge in [0.2, 0.25) is 0 Å². The highest BCUT2D eigenvalue weighted by molar-refractivity contribution is 9.10. The Morgan fingerprint density at radius 1 is 1.33 bits per heavy atom. The molecule has 0 amide bonds. The average molecular weight is 310 g/mol. The van der Waals surface area contributed by atoms with Gasteiger partial charge in [0.1, 0.15) is 0 Å². The molecule has 0 heterocycles. The van der Waals surface area contributed by atoms with Crippen LogP contribution in [-0.4, -0.2) is 13.5 Å². The van der Waals surface area contributed by atoms with Gasteiger partial charge in [0.25, 0.3) is 10.0 Å². The van der Waals surface area contributed by atoms with Crippen molar-refractivity contribution in [2.75, 3.05) is 0 Å². The smallest absolute Gasteiger partial charge is 0.257 e. The zero-order chi connectivity index (χ0) is 11.5. The van der Waals surface area contributed by atoms with Crippen LogP contribution in [0.15, 0.2) is 33.6 Å². The van der Waals surface area contributed by atoms with Gasteiger partial charge < -0.3 is 5.73 Å². The Hall–Kier alpha value is -0.700. The summed E-state index contributed by atoms with van der Waals surface area (Å²) in [5.74, 6) is 0. The van der Waals surface area contributed by atoms with Crippen LogP contribution >= 0.6 is 28.1 Å². The number of hydrogen-bond acceptors (Lipinski definition) is 3. The molecule has 0 aliphatic heterocycles. The minimum atomic E-state index is -3.62. The maximum absolute atomic E-state index is 11.5. The lowest BCUT2D eigenvalue weighted by molar-refractivity contribution is 0.577. The quantitative estimate of drug-likeness (QED) is 0.558. The van der Waals surface area contributed by atoms with E-state index in [9.17, 15) is 8.42 Å². The molecule has 1 aromatic rings. The van der Waals surface area contributed by atoms with Gasteiger partial charge in [-0.25, -0.2) is 8.42 Å². The molecule has 8 heteroatoms. The number of nitrogens with two attached hydrogens (primary N) is 1. The number of thiocarbonyl (C=S) groups is 1. The number of halogens is 1. The Morgan fingerprint density at radius 2 is 1.87 bits per heavy atom. The second kappa shape index (κ2) is 4.88. The summed E-state index contributed by atoms with van der Waals surface area (Å²) in [6.45, 7) is 0. The number of sulfonamides is 1. The van der Waals surface area contributed by atoms with Gasteiger partial charge in [0, 0.05) is 4.47 Å². The van der Waals surface area contributed by atoms with E-state index in [2.05, 4.69) is 33.6 Å². The molecule has 1 rings (SSSR count). The van der Waals surface area contributed by atoms with Crippen LogP contribution in [0, 0.1) is 0 Å². The van der Waals surface area contributed by atoms with Gasteiger partial charge in [-0.2, -0.15) is 0 Å². The van der Waals surface area contributed by atoms with E-state index in [4.69, 9.17) is 5.73 Å². The van der Waals surface area contributed by atoms with Crippen LogP contribution in [0.4, 0.5) is 0 Å². The summed E-state index contributed by atoms with van der Waals surface area (Å²) in [6.07, 6.45) is 0. The summed E-state index contributed by atoms with van der Waals surface area (Å²) >= 11 is 7.67. The largest absolute Gasteiger partial charge is 0.375 e. The third kappa shape index (κ3) is 3.74. The molecule has 0 atom stereocenters. The molecule has 0 saturated heterocycles. The fraction of sp³-hybridized carbons (Fsp3) is 0. The van der Waals surface area contributed by atoms with Crippen molar-refractivity contribution in [2.24, 2.45) is 5.73 Å². The van der Waals surface area contributed by atoms with E-state index in [1.165, 1.54) is 12.1 Å². The van der Waals surface area contributed by atoms with E-state index in [1.807, 2.05) is 4.83 Å². The Balaban J connectivity index is 2.87. The van der Waals surface area contributed by atoms with E-state index in [0.717, 1.165) is 4.47 Å². The van der Waals surface area contributed by atoms with Gasteiger partial charge in [0.05, 0.1) is 4.90 Å². The molecule has 0 saturated carbocycles. The van der Waals surface area contributed by atoms with E-state index in [-0.39, 0.29) is 10.0 Å².